The van der Waals surface area contributed by atoms with Crippen molar-refractivity contribution >= 4 is 0 Å². The van der Waals surface area contributed by atoms with Crippen molar-refractivity contribution in [2.75, 3.05) is 40.0 Å². The summed E-state index contributed by atoms with van der Waals surface area (Å²) in [6, 6.07) is 0. The maximum Gasteiger partial charge on any atom is 0.0599 e. The van der Waals surface area contributed by atoms with Crippen LogP contribution in [-0.4, -0.2) is 51.0 Å². The lowest BCUT2D eigenvalue weighted by molar-refractivity contribution is 0.00208. The van der Waals surface area contributed by atoms with Gasteiger partial charge in [-0.05, 0) is 33.2 Å². The van der Waals surface area contributed by atoms with Crippen LogP contribution in [-0.2, 0) is 9.47 Å². The van der Waals surface area contributed by atoms with Crippen molar-refractivity contribution in [1.82, 2.24) is 4.90 Å². The lowest BCUT2D eigenvalue weighted by Crippen LogP contribution is -2.34. The summed E-state index contributed by atoms with van der Waals surface area (Å²) < 4.78 is 11.0. The second-order valence-electron chi connectivity index (χ2n) is 3.92. The van der Waals surface area contributed by atoms with Gasteiger partial charge in [0, 0.05) is 32.9 Å². The monoisotopic (exact) mass is 201 g/mol. The van der Waals surface area contributed by atoms with Crippen LogP contribution in [0, 0.1) is 0 Å². The van der Waals surface area contributed by atoms with Crippen LogP contribution in [0.25, 0.3) is 0 Å². The van der Waals surface area contributed by atoms with E-state index in [2.05, 4.69) is 11.9 Å². The van der Waals surface area contributed by atoms with E-state index in [0.717, 1.165) is 26.2 Å². The van der Waals surface area contributed by atoms with Gasteiger partial charge in [-0.1, -0.05) is 0 Å². The molecule has 1 heterocycles. The Hall–Kier alpha value is -0.120. The molecule has 0 amide bonds. The predicted molar refractivity (Wildman–Crippen MR) is 57.6 cm³/mol. The molecule has 0 saturated carbocycles. The normalized spacial score (nSPS) is 20.1. The molecule has 1 fully saturated rings. The molecule has 1 aliphatic rings. The van der Waals surface area contributed by atoms with Crippen molar-refractivity contribution in [2.24, 2.45) is 0 Å². The third-order valence-corrected chi connectivity index (χ3v) is 2.66. The Labute approximate surface area is 87.4 Å². The fraction of sp³-hybridized carbons (Fsp3) is 1.00. The van der Waals surface area contributed by atoms with Crippen LogP contribution in [0.3, 0.4) is 0 Å². The van der Waals surface area contributed by atoms with Gasteiger partial charge in [0.2, 0.25) is 0 Å². The van der Waals surface area contributed by atoms with E-state index < -0.39 is 0 Å². The first kappa shape index (κ1) is 12.0. The summed E-state index contributed by atoms with van der Waals surface area (Å²) in [6.45, 7) is 6.88. The molecule has 0 aliphatic carbocycles. The van der Waals surface area contributed by atoms with Crippen LogP contribution >= 0.6 is 0 Å². The molecule has 1 rings (SSSR count). The van der Waals surface area contributed by atoms with E-state index in [4.69, 9.17) is 9.47 Å². The van der Waals surface area contributed by atoms with Crippen LogP contribution in [0.4, 0.5) is 0 Å². The first-order chi connectivity index (χ1) is 6.83. The highest BCUT2D eigenvalue weighted by Gasteiger charge is 2.16. The van der Waals surface area contributed by atoms with Gasteiger partial charge in [-0.25, -0.2) is 0 Å². The highest BCUT2D eigenvalue weighted by molar-refractivity contribution is 4.69. The number of rotatable bonds is 6. The van der Waals surface area contributed by atoms with Crippen molar-refractivity contribution in [2.45, 2.75) is 32.3 Å². The lowest BCUT2D eigenvalue weighted by Gasteiger charge is -2.28. The van der Waals surface area contributed by atoms with Crippen molar-refractivity contribution in [3.63, 3.8) is 0 Å². The Morgan fingerprint density at radius 2 is 1.93 bits per heavy atom. The summed E-state index contributed by atoms with van der Waals surface area (Å²) in [6.07, 6.45) is 3.89. The fourth-order valence-electron chi connectivity index (χ4n) is 1.71. The smallest absolute Gasteiger partial charge is 0.0599 e. The number of likely N-dealkylation sites (tertiary alicyclic amines) is 1. The van der Waals surface area contributed by atoms with Gasteiger partial charge in [-0.2, -0.15) is 0 Å². The van der Waals surface area contributed by atoms with E-state index in [1.54, 1.807) is 0 Å². The SMILES string of the molecule is CCOCCCOC1CCN(C)CC1. The van der Waals surface area contributed by atoms with Crippen LogP contribution in [0.2, 0.25) is 0 Å². The first-order valence-corrected chi connectivity index (χ1v) is 5.71. The van der Waals surface area contributed by atoms with Gasteiger partial charge in [0.25, 0.3) is 0 Å². The van der Waals surface area contributed by atoms with Crippen LogP contribution in [0.15, 0.2) is 0 Å². The zero-order chi connectivity index (χ0) is 10.2. The summed E-state index contributed by atoms with van der Waals surface area (Å²) in [7, 11) is 2.17. The summed E-state index contributed by atoms with van der Waals surface area (Å²) in [5.74, 6) is 0. The quantitative estimate of drug-likeness (QED) is 0.608. The molecule has 84 valence electrons. The Kier molecular flexibility index (Phi) is 6.15. The standard InChI is InChI=1S/C11H23NO2/c1-3-13-9-4-10-14-11-5-7-12(2)8-6-11/h11H,3-10H2,1-2H3. The molecule has 0 radical (unpaired) electrons. The molecule has 3 nitrogen and oxygen atoms in total. The minimum absolute atomic E-state index is 0.493. The molecule has 1 aliphatic heterocycles. The second kappa shape index (κ2) is 7.21. The maximum atomic E-state index is 5.77. The van der Waals surface area contributed by atoms with Crippen LogP contribution < -0.4 is 0 Å². The molecule has 0 aromatic heterocycles. The van der Waals surface area contributed by atoms with E-state index in [-0.39, 0.29) is 0 Å². The summed E-state index contributed by atoms with van der Waals surface area (Å²) in [4.78, 5) is 2.36. The molecule has 0 bridgehead atoms. The Morgan fingerprint density at radius 1 is 1.21 bits per heavy atom. The van der Waals surface area contributed by atoms with Gasteiger partial charge in [0.15, 0.2) is 0 Å². The fourth-order valence-corrected chi connectivity index (χ4v) is 1.71. The van der Waals surface area contributed by atoms with Crippen molar-refractivity contribution in [3.8, 4) is 0 Å². The highest BCUT2D eigenvalue weighted by atomic mass is 16.5. The molecule has 0 aromatic carbocycles. The Bertz CT molecular complexity index is 133. The van der Waals surface area contributed by atoms with Gasteiger partial charge >= 0.3 is 0 Å². The second-order valence-corrected chi connectivity index (χ2v) is 3.92. The molecule has 0 unspecified atom stereocenters. The predicted octanol–water partition coefficient (Wildman–Crippen LogP) is 1.52. The molecular formula is C11H23NO2. The number of ether oxygens (including phenoxy) is 2. The van der Waals surface area contributed by atoms with Crippen molar-refractivity contribution < 1.29 is 9.47 Å². The zero-order valence-corrected chi connectivity index (χ0v) is 9.50. The summed E-state index contributed by atoms with van der Waals surface area (Å²) in [5.41, 5.74) is 0. The highest BCUT2D eigenvalue weighted by Crippen LogP contribution is 2.12. The Balaban J connectivity index is 1.91. The lowest BCUT2D eigenvalue weighted by atomic mass is 10.1. The molecule has 14 heavy (non-hydrogen) atoms. The molecule has 0 spiro atoms. The van der Waals surface area contributed by atoms with Crippen LogP contribution in [0.5, 0.6) is 0 Å². The van der Waals surface area contributed by atoms with Gasteiger partial charge < -0.3 is 14.4 Å². The van der Waals surface area contributed by atoms with Gasteiger partial charge in [-0.15, -0.1) is 0 Å². The van der Waals surface area contributed by atoms with E-state index in [9.17, 15) is 0 Å². The number of nitrogens with zero attached hydrogens (tertiary/aromatic N) is 1. The van der Waals surface area contributed by atoms with E-state index in [1.165, 1.54) is 25.9 Å². The molecule has 0 aromatic rings. The van der Waals surface area contributed by atoms with E-state index >= 15 is 0 Å². The Morgan fingerprint density at radius 3 is 2.57 bits per heavy atom. The van der Waals surface area contributed by atoms with Gasteiger partial charge in [-0.3, -0.25) is 0 Å². The minimum atomic E-state index is 0.493. The van der Waals surface area contributed by atoms with Crippen molar-refractivity contribution in [3.05, 3.63) is 0 Å². The number of piperidine rings is 1. The largest absolute Gasteiger partial charge is 0.382 e. The zero-order valence-electron chi connectivity index (χ0n) is 9.50. The van der Waals surface area contributed by atoms with Gasteiger partial charge in [0.1, 0.15) is 0 Å². The average Bonchev–Trinajstić information content (AvgIpc) is 2.21. The molecular weight excluding hydrogens is 178 g/mol. The molecule has 0 atom stereocenters. The van der Waals surface area contributed by atoms with E-state index in [0.29, 0.717) is 6.10 Å². The average molecular weight is 201 g/mol. The number of hydrogen-bond donors (Lipinski definition) is 0. The first-order valence-electron chi connectivity index (χ1n) is 5.71. The third-order valence-electron chi connectivity index (χ3n) is 2.66. The third kappa shape index (κ3) is 4.94. The summed E-state index contributed by atoms with van der Waals surface area (Å²) >= 11 is 0. The minimum Gasteiger partial charge on any atom is -0.382 e. The van der Waals surface area contributed by atoms with E-state index in [1.807, 2.05) is 6.92 Å². The van der Waals surface area contributed by atoms with Crippen LogP contribution in [0.1, 0.15) is 26.2 Å². The number of hydrogen-bond acceptors (Lipinski definition) is 3. The molecule has 0 N–H and O–H groups in total. The molecule has 3 heteroatoms. The van der Waals surface area contributed by atoms with Crippen molar-refractivity contribution in [1.29, 1.82) is 0 Å². The van der Waals surface area contributed by atoms with Gasteiger partial charge in [0.05, 0.1) is 6.10 Å². The topological polar surface area (TPSA) is 21.7 Å². The maximum absolute atomic E-state index is 5.77. The summed E-state index contributed by atoms with van der Waals surface area (Å²) in [5, 5.41) is 0. The molecule has 1 saturated heterocycles.